The summed E-state index contributed by atoms with van der Waals surface area (Å²) in [6, 6.07) is 7.94. The zero-order valence-corrected chi connectivity index (χ0v) is 8.68. The topological polar surface area (TPSA) is 29.1 Å². The Morgan fingerprint density at radius 2 is 2.18 bits per heavy atom. The van der Waals surface area contributed by atoms with E-state index in [9.17, 15) is 4.21 Å². The summed E-state index contributed by atoms with van der Waals surface area (Å²) >= 11 is 0.223. The summed E-state index contributed by atoms with van der Waals surface area (Å²) < 4.78 is 16.1. The molecule has 0 saturated heterocycles. The average molecular weight is 234 g/mol. The zero-order chi connectivity index (χ0) is 7.90. The Morgan fingerprint density at radius 3 is 2.91 bits per heavy atom. The van der Waals surface area contributed by atoms with Crippen molar-refractivity contribution in [2.45, 2.75) is 4.90 Å². The molecule has 2 rings (SSSR count). The quantitative estimate of drug-likeness (QED) is 0.458. The Balaban J connectivity index is 2.65. The number of thiol groups is 1. The van der Waals surface area contributed by atoms with E-state index >= 15 is 0 Å². The van der Waals surface area contributed by atoms with Gasteiger partial charge < -0.3 is 0 Å². The predicted octanol–water partition coefficient (Wildman–Crippen LogP) is -0.545. The minimum absolute atomic E-state index is 0.223. The first-order valence-electron chi connectivity index (χ1n) is 3.31. The molecule has 0 bridgehead atoms. The van der Waals surface area contributed by atoms with Crippen LogP contribution in [0.5, 0.6) is 0 Å². The van der Waals surface area contributed by atoms with E-state index in [-0.39, 0.29) is 15.2 Å². The van der Waals surface area contributed by atoms with Crippen LogP contribution < -0.4 is 8.20 Å². The van der Waals surface area contributed by atoms with Gasteiger partial charge in [-0.25, -0.2) is 0 Å². The van der Waals surface area contributed by atoms with Crippen molar-refractivity contribution in [2.75, 3.05) is 6.26 Å². The van der Waals surface area contributed by atoms with Gasteiger partial charge in [-0.15, -0.1) is 0 Å². The van der Waals surface area contributed by atoms with E-state index in [0.717, 1.165) is 4.90 Å². The van der Waals surface area contributed by atoms with E-state index in [1.165, 1.54) is 4.46 Å². The molecule has 0 spiro atoms. The summed E-state index contributed by atoms with van der Waals surface area (Å²) in [4.78, 5) is 1.03. The SMILES string of the molecule is C[SH]1(=O)N[Se]c2ccccc21. The Hall–Kier alpha value is -0.151. The third kappa shape index (κ3) is 1.16. The third-order valence-electron chi connectivity index (χ3n) is 1.65. The zero-order valence-electron chi connectivity index (χ0n) is 6.07. The molecule has 0 saturated carbocycles. The third-order valence-corrected chi connectivity index (χ3v) is 7.72. The van der Waals surface area contributed by atoms with Crippen molar-refractivity contribution in [3.05, 3.63) is 24.3 Å². The van der Waals surface area contributed by atoms with E-state index in [4.69, 9.17) is 0 Å². The van der Waals surface area contributed by atoms with Crippen LogP contribution in [0.2, 0.25) is 0 Å². The molecular formula is C7H9NOSSe. The van der Waals surface area contributed by atoms with E-state index in [0.29, 0.717) is 0 Å². The monoisotopic (exact) mass is 235 g/mol. The molecule has 1 aliphatic rings. The number of hydrogen-bond donors (Lipinski definition) is 2. The van der Waals surface area contributed by atoms with Gasteiger partial charge in [0.1, 0.15) is 0 Å². The molecular weight excluding hydrogens is 225 g/mol. The molecule has 11 heavy (non-hydrogen) atoms. The number of rotatable bonds is 0. The second-order valence-electron chi connectivity index (χ2n) is 2.59. The summed E-state index contributed by atoms with van der Waals surface area (Å²) in [6.45, 7) is 0. The van der Waals surface area contributed by atoms with E-state index < -0.39 is 10.1 Å². The van der Waals surface area contributed by atoms with Gasteiger partial charge in [-0.3, -0.25) is 0 Å². The number of fused-ring (bicyclic) bond motifs is 1. The molecule has 0 unspecified atom stereocenters. The maximum atomic E-state index is 11.7. The van der Waals surface area contributed by atoms with E-state index in [1.807, 2.05) is 24.3 Å². The number of benzene rings is 1. The Labute approximate surface area is 73.3 Å². The molecule has 0 atom stereocenters. The van der Waals surface area contributed by atoms with Crippen molar-refractivity contribution < 1.29 is 4.21 Å². The predicted molar refractivity (Wildman–Crippen MR) is 48.7 cm³/mol. The fourth-order valence-electron chi connectivity index (χ4n) is 1.08. The number of hydrogen-bond acceptors (Lipinski definition) is 1. The van der Waals surface area contributed by atoms with Crippen LogP contribution in [0, 0.1) is 0 Å². The van der Waals surface area contributed by atoms with Gasteiger partial charge >= 0.3 is 73.1 Å². The van der Waals surface area contributed by atoms with E-state index in [2.05, 4.69) is 3.74 Å². The Bertz CT molecular complexity index is 339. The standard InChI is InChI=1S/C7H9NOSSe/c1-10(9)6-4-2-3-5-7(6)11-8-10/h2-5,10H,1H3,(H,8,9). The molecule has 1 aromatic carbocycles. The fourth-order valence-corrected chi connectivity index (χ4v) is 6.66. The molecule has 4 heteroatoms. The van der Waals surface area contributed by atoms with Crippen LogP contribution in [0.4, 0.5) is 0 Å². The van der Waals surface area contributed by atoms with Crippen molar-refractivity contribution in [3.8, 4) is 0 Å². The molecule has 1 aromatic rings. The molecule has 0 aromatic heterocycles. The van der Waals surface area contributed by atoms with Gasteiger partial charge in [0.15, 0.2) is 0 Å². The summed E-state index contributed by atoms with van der Waals surface area (Å²) in [5.74, 6) is 0. The average Bonchev–Trinajstić information content (AvgIpc) is 2.29. The number of nitrogens with one attached hydrogen (secondary N) is 1. The Morgan fingerprint density at radius 1 is 1.45 bits per heavy atom. The first-order chi connectivity index (χ1) is 5.20. The van der Waals surface area contributed by atoms with Crippen LogP contribution in [0.25, 0.3) is 0 Å². The molecule has 1 heterocycles. The van der Waals surface area contributed by atoms with Gasteiger partial charge in [0.25, 0.3) is 0 Å². The van der Waals surface area contributed by atoms with Gasteiger partial charge in [-0.2, -0.15) is 0 Å². The second-order valence-corrected chi connectivity index (χ2v) is 7.60. The molecule has 1 N–H and O–H groups in total. The summed E-state index contributed by atoms with van der Waals surface area (Å²) in [5.41, 5.74) is 0. The van der Waals surface area contributed by atoms with Crippen molar-refractivity contribution in [3.63, 3.8) is 0 Å². The molecule has 0 fully saturated rings. The second kappa shape index (κ2) is 2.42. The van der Waals surface area contributed by atoms with Crippen LogP contribution >= 0.6 is 0 Å². The van der Waals surface area contributed by atoms with Gasteiger partial charge in [-0.1, -0.05) is 0 Å². The van der Waals surface area contributed by atoms with Crippen LogP contribution in [-0.4, -0.2) is 25.6 Å². The van der Waals surface area contributed by atoms with Gasteiger partial charge in [0.05, 0.1) is 0 Å². The van der Waals surface area contributed by atoms with Crippen LogP contribution in [0.1, 0.15) is 0 Å². The molecule has 2 nitrogen and oxygen atoms in total. The fraction of sp³-hybridized carbons (Fsp3) is 0.143. The van der Waals surface area contributed by atoms with Crippen molar-refractivity contribution >= 4 is 29.8 Å². The first kappa shape index (κ1) is 7.50. The normalized spacial score (nSPS) is 22.6. The molecule has 1 aliphatic heterocycles. The van der Waals surface area contributed by atoms with Gasteiger partial charge in [0, 0.05) is 0 Å². The van der Waals surface area contributed by atoms with Gasteiger partial charge in [-0.05, 0) is 0 Å². The molecule has 0 aliphatic carbocycles. The molecule has 0 amide bonds. The minimum atomic E-state index is -2.16. The first-order valence-corrected chi connectivity index (χ1v) is 7.18. The van der Waals surface area contributed by atoms with E-state index in [1.54, 1.807) is 6.26 Å². The summed E-state index contributed by atoms with van der Waals surface area (Å²) in [6.07, 6.45) is 1.79. The maximum absolute atomic E-state index is 11.7. The van der Waals surface area contributed by atoms with Crippen molar-refractivity contribution in [1.82, 2.24) is 3.74 Å². The van der Waals surface area contributed by atoms with Crippen molar-refractivity contribution in [1.29, 1.82) is 0 Å². The summed E-state index contributed by atoms with van der Waals surface area (Å²) in [7, 11) is -2.16. The van der Waals surface area contributed by atoms with Crippen LogP contribution in [-0.2, 0) is 10.1 Å². The molecule has 60 valence electrons. The van der Waals surface area contributed by atoms with Crippen molar-refractivity contribution in [2.24, 2.45) is 0 Å². The Kier molecular flexibility index (Phi) is 1.65. The molecule has 0 radical (unpaired) electrons. The van der Waals surface area contributed by atoms with Crippen LogP contribution in [0.3, 0.4) is 0 Å². The van der Waals surface area contributed by atoms with Gasteiger partial charge in [0.2, 0.25) is 0 Å². The van der Waals surface area contributed by atoms with Crippen LogP contribution in [0.15, 0.2) is 29.2 Å². The summed E-state index contributed by atoms with van der Waals surface area (Å²) in [5, 5.41) is 0.